The third-order valence-corrected chi connectivity index (χ3v) is 10.3. The number of benzene rings is 2. The van der Waals surface area contributed by atoms with Crippen LogP contribution in [0.15, 0.2) is 51.6 Å². The summed E-state index contributed by atoms with van der Waals surface area (Å²) in [5.41, 5.74) is 1.57. The molecule has 2 aromatic rings. The number of phenolic OH excluding ortho intramolecular Hbond substituents is 3. The molecule has 2 atom stereocenters. The molecular formula is C34H42N2O12S2. The van der Waals surface area contributed by atoms with Crippen molar-refractivity contribution >= 4 is 48.6 Å². The quantitative estimate of drug-likeness (QED) is 0.0519. The van der Waals surface area contributed by atoms with Gasteiger partial charge in [-0.25, -0.2) is 0 Å². The number of carbonyl (C=O) groups excluding carboxylic acids is 1. The maximum Gasteiger partial charge on any atom is 0.266 e. The van der Waals surface area contributed by atoms with Crippen LogP contribution < -0.4 is 5.32 Å². The van der Waals surface area contributed by atoms with E-state index in [4.69, 9.17) is 9.11 Å². The normalized spacial score (nSPS) is 19.8. The molecule has 0 radical (unpaired) electrons. The van der Waals surface area contributed by atoms with E-state index in [-0.39, 0.29) is 51.8 Å². The van der Waals surface area contributed by atoms with E-state index in [1.165, 1.54) is 6.20 Å². The lowest BCUT2D eigenvalue weighted by molar-refractivity contribution is -0.116. The number of aromatic hydroxyl groups is 3. The second-order valence-corrected chi connectivity index (χ2v) is 16.2. The van der Waals surface area contributed by atoms with E-state index >= 15 is 0 Å². The van der Waals surface area contributed by atoms with Gasteiger partial charge < -0.3 is 30.8 Å². The molecule has 14 nitrogen and oxygen atoms in total. The highest BCUT2D eigenvalue weighted by Gasteiger charge is 2.46. The number of allylic oxidation sites excluding steroid dienone is 6. The van der Waals surface area contributed by atoms with Gasteiger partial charge in [0, 0.05) is 58.1 Å². The highest BCUT2D eigenvalue weighted by Crippen LogP contribution is 2.53. The molecule has 0 heterocycles. The van der Waals surface area contributed by atoms with Crippen molar-refractivity contribution in [3.63, 3.8) is 0 Å². The van der Waals surface area contributed by atoms with Crippen LogP contribution in [-0.4, -0.2) is 88.1 Å². The first-order valence-electron chi connectivity index (χ1n) is 15.8. The van der Waals surface area contributed by atoms with Gasteiger partial charge in [0.15, 0.2) is 17.3 Å². The maximum atomic E-state index is 13.6. The first-order chi connectivity index (χ1) is 23.1. The minimum absolute atomic E-state index is 0.0261. The van der Waals surface area contributed by atoms with Gasteiger partial charge in [-0.05, 0) is 47.8 Å². The van der Waals surface area contributed by atoms with E-state index in [1.54, 1.807) is 53.7 Å². The smallest absolute Gasteiger partial charge is 0.266 e. The van der Waals surface area contributed by atoms with Crippen molar-refractivity contribution in [2.45, 2.75) is 47.5 Å². The highest BCUT2D eigenvalue weighted by atomic mass is 32.2. The van der Waals surface area contributed by atoms with Crippen LogP contribution in [0, 0.1) is 24.7 Å². The van der Waals surface area contributed by atoms with Crippen molar-refractivity contribution in [3.8, 4) is 17.2 Å². The van der Waals surface area contributed by atoms with Gasteiger partial charge in [0.1, 0.15) is 11.5 Å². The largest absolute Gasteiger partial charge is 0.511 e. The summed E-state index contributed by atoms with van der Waals surface area (Å²) in [5, 5.41) is 60.4. The lowest BCUT2D eigenvalue weighted by atomic mass is 9.65. The number of aryl methyl sites for hydroxylation is 1. The van der Waals surface area contributed by atoms with E-state index in [0.29, 0.717) is 27.7 Å². The molecule has 272 valence electrons. The molecule has 2 aromatic carbocycles. The predicted octanol–water partition coefficient (Wildman–Crippen LogP) is 4.57. The number of ketones is 1. The van der Waals surface area contributed by atoms with Crippen molar-refractivity contribution in [3.05, 3.63) is 68.8 Å². The Balaban J connectivity index is 2.04. The van der Waals surface area contributed by atoms with Crippen molar-refractivity contribution in [1.29, 1.82) is 0 Å². The molecular weight excluding hydrogens is 693 g/mol. The molecule has 0 spiro atoms. The minimum Gasteiger partial charge on any atom is -0.511 e. The zero-order chi connectivity index (χ0) is 37.6. The van der Waals surface area contributed by atoms with Crippen molar-refractivity contribution < 1.29 is 56.3 Å². The molecule has 0 saturated heterocycles. The van der Waals surface area contributed by atoms with Gasteiger partial charge in [-0.15, -0.1) is 0 Å². The number of carbonyl (C=O) groups is 1. The number of hydrogen-bond acceptors (Lipinski definition) is 12. The SMILES string of the molecule is CC1=CC2C(C(C)C)=C(O)C(=O)/C(=C\NCCS(=O)(=O)O)C2C(O)=C1c1c(C)cc2c(C(C)C)c(O)c(O)c(C=NCCS(=O)(=O)O)c2c1O. The fourth-order valence-corrected chi connectivity index (χ4v) is 7.51. The summed E-state index contributed by atoms with van der Waals surface area (Å²) in [5.74, 6) is -7.09. The highest BCUT2D eigenvalue weighted by molar-refractivity contribution is 7.86. The monoisotopic (exact) mass is 734 g/mol. The molecule has 2 unspecified atom stereocenters. The maximum absolute atomic E-state index is 13.6. The summed E-state index contributed by atoms with van der Waals surface area (Å²) in [7, 11) is -8.68. The van der Waals surface area contributed by atoms with Crippen molar-refractivity contribution in [2.75, 3.05) is 24.6 Å². The summed E-state index contributed by atoms with van der Waals surface area (Å²) in [6, 6.07) is 1.65. The number of nitrogens with zero attached hydrogens (tertiary/aromatic N) is 1. The topological polar surface area (TPSA) is 251 Å². The minimum atomic E-state index is -4.35. The summed E-state index contributed by atoms with van der Waals surface area (Å²) in [6.45, 7) is 9.75. The molecule has 0 aliphatic heterocycles. The van der Waals surface area contributed by atoms with Crippen LogP contribution in [0.25, 0.3) is 16.3 Å². The zero-order valence-electron chi connectivity index (χ0n) is 28.4. The lowest BCUT2D eigenvalue weighted by Crippen LogP contribution is -2.36. The number of phenols is 3. The number of rotatable bonds is 11. The summed E-state index contributed by atoms with van der Waals surface area (Å²) < 4.78 is 63.2. The predicted molar refractivity (Wildman–Crippen MR) is 189 cm³/mol. The van der Waals surface area contributed by atoms with Gasteiger partial charge in [-0.3, -0.25) is 18.9 Å². The van der Waals surface area contributed by atoms with E-state index in [9.17, 15) is 47.2 Å². The van der Waals surface area contributed by atoms with Crippen LogP contribution in [0.3, 0.4) is 0 Å². The Bertz CT molecular complexity index is 2140. The molecule has 4 rings (SSSR count). The standard InChI is InChI=1S/C34H42N2O12S2/c1-15(2)23-19-11-17(5)25(31(39)27(19)21(29(37)33(23)41)13-35-7-9-49(43,44)45)26-18(6)12-20-24(16(3)4)34(42)30(38)22(28(20)32(26)40)14-36-8-10-50(46,47)48/h11-16,19,27,35,38-42H,7-10H2,1-6H3,(H,43,44,45)(H,46,47,48)/b21-13-,36-14?. The summed E-state index contributed by atoms with van der Waals surface area (Å²) in [4.78, 5) is 17.6. The molecule has 0 amide bonds. The van der Waals surface area contributed by atoms with Gasteiger partial charge in [0.2, 0.25) is 5.78 Å². The van der Waals surface area contributed by atoms with E-state index in [1.807, 2.05) is 0 Å². The fraction of sp³-hybridized carbons (Fsp3) is 0.412. The molecule has 16 heteroatoms. The van der Waals surface area contributed by atoms with Crippen molar-refractivity contribution in [1.82, 2.24) is 5.32 Å². The number of fused-ring (bicyclic) bond motifs is 2. The van der Waals surface area contributed by atoms with Gasteiger partial charge >= 0.3 is 0 Å². The summed E-state index contributed by atoms with van der Waals surface area (Å²) in [6.07, 6.45) is 4.00. The third kappa shape index (κ3) is 7.38. The first kappa shape index (κ1) is 38.4. The van der Waals surface area contributed by atoms with Gasteiger partial charge in [-0.2, -0.15) is 16.8 Å². The molecule has 0 fully saturated rings. The first-order valence-corrected chi connectivity index (χ1v) is 19.0. The average Bonchev–Trinajstić information content (AvgIpc) is 2.97. The molecule has 0 aromatic heterocycles. The van der Waals surface area contributed by atoms with Gasteiger partial charge in [0.05, 0.1) is 24.0 Å². The second-order valence-electron chi connectivity index (χ2n) is 13.1. The fourth-order valence-electron chi connectivity index (χ4n) is 6.80. The molecule has 0 saturated carbocycles. The van der Waals surface area contributed by atoms with E-state index in [0.717, 1.165) is 6.21 Å². The lowest BCUT2D eigenvalue weighted by Gasteiger charge is -2.39. The Kier molecular flexibility index (Phi) is 10.8. The van der Waals surface area contributed by atoms with Crippen LogP contribution in [-0.2, 0) is 25.0 Å². The number of nitrogens with one attached hydrogen (secondary N) is 1. The number of aliphatic hydroxyl groups is 2. The Labute approximate surface area is 290 Å². The molecule has 0 bridgehead atoms. The number of Topliss-reactive ketones (excluding diaryl/α,β-unsaturated/α-hetero) is 1. The molecule has 2 aliphatic rings. The molecule has 50 heavy (non-hydrogen) atoms. The van der Waals surface area contributed by atoms with Crippen LogP contribution >= 0.6 is 0 Å². The summed E-state index contributed by atoms with van der Waals surface area (Å²) >= 11 is 0. The average molecular weight is 735 g/mol. The van der Waals surface area contributed by atoms with Crippen LogP contribution in [0.2, 0.25) is 0 Å². The van der Waals surface area contributed by atoms with Gasteiger partial charge in [0.25, 0.3) is 20.2 Å². The van der Waals surface area contributed by atoms with Crippen LogP contribution in [0.1, 0.15) is 62.8 Å². The number of hydrogen-bond donors (Lipinski definition) is 8. The Morgan fingerprint density at radius 1 is 0.900 bits per heavy atom. The zero-order valence-corrected chi connectivity index (χ0v) is 30.0. The third-order valence-electron chi connectivity index (χ3n) is 8.88. The second kappa shape index (κ2) is 14.1. The Morgan fingerprint density at radius 2 is 1.52 bits per heavy atom. The van der Waals surface area contributed by atoms with Gasteiger partial charge in [-0.1, -0.05) is 39.8 Å². The van der Waals surface area contributed by atoms with E-state index < -0.39 is 78.9 Å². The van der Waals surface area contributed by atoms with Crippen molar-refractivity contribution in [2.24, 2.45) is 22.7 Å². The molecule has 2 aliphatic carbocycles. The Hall–Kier alpha value is -4.38. The van der Waals surface area contributed by atoms with Crippen LogP contribution in [0.4, 0.5) is 0 Å². The number of aliphatic hydroxyl groups excluding tert-OH is 2. The Morgan fingerprint density at radius 3 is 2.08 bits per heavy atom. The van der Waals surface area contributed by atoms with Crippen LogP contribution in [0.5, 0.6) is 17.2 Å². The van der Waals surface area contributed by atoms with E-state index in [2.05, 4.69) is 10.3 Å². The number of aliphatic imine (C=N–C) groups is 1. The molecule has 8 N–H and O–H groups in total.